The van der Waals surface area contributed by atoms with E-state index in [-0.39, 0.29) is 5.97 Å². The maximum Gasteiger partial charge on any atom is 0.305 e. The van der Waals surface area contributed by atoms with E-state index in [0.717, 1.165) is 26.1 Å². The molecule has 0 radical (unpaired) electrons. The fourth-order valence-electron chi connectivity index (χ4n) is 3.73. The second-order valence-electron chi connectivity index (χ2n) is 6.51. The quantitative estimate of drug-likeness (QED) is 0.666. The SMILES string of the molecule is CCN(CC)CCOC(=O)CCC1c2ccccc2-c2ccccc21. The Hall–Kier alpha value is -2.13. The topological polar surface area (TPSA) is 29.5 Å². The molecule has 3 rings (SSSR count). The summed E-state index contributed by atoms with van der Waals surface area (Å²) >= 11 is 0. The van der Waals surface area contributed by atoms with E-state index in [0.29, 0.717) is 18.9 Å². The first kappa shape index (κ1) is 17.7. The van der Waals surface area contributed by atoms with Gasteiger partial charge in [0, 0.05) is 18.9 Å². The summed E-state index contributed by atoms with van der Waals surface area (Å²) in [4.78, 5) is 14.4. The molecule has 2 aromatic rings. The second kappa shape index (κ2) is 8.30. The van der Waals surface area contributed by atoms with Crippen LogP contribution in [0.3, 0.4) is 0 Å². The van der Waals surface area contributed by atoms with Gasteiger partial charge in [0.1, 0.15) is 6.61 Å². The van der Waals surface area contributed by atoms with Crippen molar-refractivity contribution < 1.29 is 9.53 Å². The highest BCUT2D eigenvalue weighted by molar-refractivity contribution is 5.79. The zero-order chi connectivity index (χ0) is 17.6. The average Bonchev–Trinajstić information content (AvgIpc) is 2.97. The molecular weight excluding hydrogens is 310 g/mol. The predicted molar refractivity (Wildman–Crippen MR) is 102 cm³/mol. The number of esters is 1. The molecular formula is C22H27NO2. The molecule has 0 heterocycles. The maximum atomic E-state index is 12.1. The minimum Gasteiger partial charge on any atom is -0.464 e. The monoisotopic (exact) mass is 337 g/mol. The summed E-state index contributed by atoms with van der Waals surface area (Å²) < 4.78 is 5.43. The first-order valence-corrected chi connectivity index (χ1v) is 9.30. The largest absolute Gasteiger partial charge is 0.464 e. The number of hydrogen-bond donors (Lipinski definition) is 0. The van der Waals surface area contributed by atoms with E-state index < -0.39 is 0 Å². The Kier molecular flexibility index (Phi) is 5.87. The summed E-state index contributed by atoms with van der Waals surface area (Å²) in [5.41, 5.74) is 5.27. The van der Waals surface area contributed by atoms with Gasteiger partial charge in [-0.2, -0.15) is 0 Å². The van der Waals surface area contributed by atoms with Crippen LogP contribution in [0.5, 0.6) is 0 Å². The minimum atomic E-state index is -0.0889. The van der Waals surface area contributed by atoms with Crippen molar-refractivity contribution in [1.82, 2.24) is 4.90 Å². The van der Waals surface area contributed by atoms with Crippen LogP contribution in [-0.2, 0) is 9.53 Å². The van der Waals surface area contributed by atoms with E-state index in [1.807, 2.05) is 0 Å². The van der Waals surface area contributed by atoms with Gasteiger partial charge in [0.25, 0.3) is 0 Å². The lowest BCUT2D eigenvalue weighted by Crippen LogP contribution is -2.27. The van der Waals surface area contributed by atoms with Gasteiger partial charge in [-0.3, -0.25) is 4.79 Å². The van der Waals surface area contributed by atoms with Crippen LogP contribution < -0.4 is 0 Å². The Labute approximate surface area is 150 Å². The zero-order valence-corrected chi connectivity index (χ0v) is 15.2. The number of carbonyl (C=O) groups excluding carboxylic acids is 1. The summed E-state index contributed by atoms with van der Waals surface area (Å²) in [6.45, 7) is 7.53. The van der Waals surface area contributed by atoms with Crippen LogP contribution in [0, 0.1) is 0 Å². The predicted octanol–water partition coefficient (Wildman–Crippen LogP) is 4.46. The smallest absolute Gasteiger partial charge is 0.305 e. The van der Waals surface area contributed by atoms with Crippen molar-refractivity contribution in [3.63, 3.8) is 0 Å². The number of hydrogen-bond acceptors (Lipinski definition) is 3. The Bertz CT molecular complexity index is 676. The molecule has 25 heavy (non-hydrogen) atoms. The van der Waals surface area contributed by atoms with Crippen LogP contribution in [0.2, 0.25) is 0 Å². The van der Waals surface area contributed by atoms with Gasteiger partial charge in [0.2, 0.25) is 0 Å². The molecule has 0 aromatic heterocycles. The van der Waals surface area contributed by atoms with Crippen LogP contribution in [0.15, 0.2) is 48.5 Å². The van der Waals surface area contributed by atoms with E-state index in [4.69, 9.17) is 4.74 Å². The third-order valence-electron chi connectivity index (χ3n) is 5.16. The highest BCUT2D eigenvalue weighted by atomic mass is 16.5. The zero-order valence-electron chi connectivity index (χ0n) is 15.2. The standard InChI is InChI=1S/C22H27NO2/c1-3-23(4-2)15-16-25-22(24)14-13-21-19-11-7-5-9-17(19)18-10-6-8-12-20(18)21/h5-12,21H,3-4,13-16H2,1-2H3. The van der Waals surface area contributed by atoms with Crippen molar-refractivity contribution in [2.45, 2.75) is 32.6 Å². The molecule has 0 spiro atoms. The van der Waals surface area contributed by atoms with Gasteiger partial charge in [0.05, 0.1) is 0 Å². The highest BCUT2D eigenvalue weighted by Gasteiger charge is 2.28. The molecule has 0 N–H and O–H groups in total. The molecule has 0 bridgehead atoms. The molecule has 0 unspecified atom stereocenters. The van der Waals surface area contributed by atoms with Gasteiger partial charge in [0.15, 0.2) is 0 Å². The Balaban J connectivity index is 1.59. The number of ether oxygens (including phenoxy) is 1. The van der Waals surface area contributed by atoms with Crippen molar-refractivity contribution in [1.29, 1.82) is 0 Å². The van der Waals surface area contributed by atoms with Gasteiger partial charge in [-0.15, -0.1) is 0 Å². The van der Waals surface area contributed by atoms with Crippen LogP contribution in [0.1, 0.15) is 43.7 Å². The van der Waals surface area contributed by atoms with Crippen LogP contribution in [0.25, 0.3) is 11.1 Å². The van der Waals surface area contributed by atoms with Crippen molar-refractivity contribution in [2.75, 3.05) is 26.2 Å². The third kappa shape index (κ3) is 3.93. The second-order valence-corrected chi connectivity index (χ2v) is 6.51. The first-order valence-electron chi connectivity index (χ1n) is 9.30. The molecule has 2 aromatic carbocycles. The molecule has 1 aliphatic carbocycles. The number of likely N-dealkylation sites (N-methyl/N-ethyl adjacent to an activating group) is 1. The van der Waals surface area contributed by atoms with Crippen LogP contribution >= 0.6 is 0 Å². The van der Waals surface area contributed by atoms with Gasteiger partial charge in [-0.05, 0) is 41.8 Å². The fraction of sp³-hybridized carbons (Fsp3) is 0.409. The number of rotatable bonds is 8. The molecule has 3 heteroatoms. The van der Waals surface area contributed by atoms with Gasteiger partial charge < -0.3 is 9.64 Å². The van der Waals surface area contributed by atoms with Crippen molar-refractivity contribution in [3.8, 4) is 11.1 Å². The van der Waals surface area contributed by atoms with E-state index >= 15 is 0 Å². The molecule has 0 aliphatic heterocycles. The lowest BCUT2D eigenvalue weighted by atomic mass is 9.92. The highest BCUT2D eigenvalue weighted by Crippen LogP contribution is 2.46. The van der Waals surface area contributed by atoms with E-state index in [2.05, 4.69) is 67.3 Å². The maximum absolute atomic E-state index is 12.1. The molecule has 0 saturated heterocycles. The Morgan fingerprint density at radius 2 is 1.52 bits per heavy atom. The van der Waals surface area contributed by atoms with Crippen molar-refractivity contribution in [3.05, 3.63) is 59.7 Å². The van der Waals surface area contributed by atoms with Gasteiger partial charge in [-0.1, -0.05) is 62.4 Å². The molecule has 0 amide bonds. The molecule has 0 fully saturated rings. The molecule has 0 atom stereocenters. The number of nitrogens with zero attached hydrogens (tertiary/aromatic N) is 1. The number of benzene rings is 2. The first-order chi connectivity index (χ1) is 12.2. The Morgan fingerprint density at radius 3 is 2.08 bits per heavy atom. The summed E-state index contributed by atoms with van der Waals surface area (Å²) in [7, 11) is 0. The number of fused-ring (bicyclic) bond motifs is 3. The summed E-state index contributed by atoms with van der Waals surface area (Å²) in [6.07, 6.45) is 1.27. The minimum absolute atomic E-state index is 0.0889. The average molecular weight is 337 g/mol. The lowest BCUT2D eigenvalue weighted by molar-refractivity contribution is -0.144. The molecule has 1 aliphatic rings. The van der Waals surface area contributed by atoms with E-state index in [1.165, 1.54) is 22.3 Å². The van der Waals surface area contributed by atoms with Crippen LogP contribution in [0.4, 0.5) is 0 Å². The van der Waals surface area contributed by atoms with Crippen molar-refractivity contribution >= 4 is 5.97 Å². The van der Waals surface area contributed by atoms with Gasteiger partial charge in [-0.25, -0.2) is 0 Å². The van der Waals surface area contributed by atoms with Gasteiger partial charge >= 0.3 is 5.97 Å². The van der Waals surface area contributed by atoms with E-state index in [9.17, 15) is 4.79 Å². The van der Waals surface area contributed by atoms with Crippen LogP contribution in [-0.4, -0.2) is 37.1 Å². The fourth-order valence-corrected chi connectivity index (χ4v) is 3.73. The number of carbonyl (C=O) groups is 1. The Morgan fingerprint density at radius 1 is 0.960 bits per heavy atom. The summed E-state index contributed by atoms with van der Waals surface area (Å²) in [6, 6.07) is 17.1. The summed E-state index contributed by atoms with van der Waals surface area (Å²) in [5.74, 6) is 0.205. The molecule has 3 nitrogen and oxygen atoms in total. The third-order valence-corrected chi connectivity index (χ3v) is 5.16. The van der Waals surface area contributed by atoms with Crippen molar-refractivity contribution in [2.24, 2.45) is 0 Å². The van der Waals surface area contributed by atoms with E-state index in [1.54, 1.807) is 0 Å². The molecule has 0 saturated carbocycles. The normalized spacial score (nSPS) is 12.9. The lowest BCUT2D eigenvalue weighted by Gasteiger charge is -2.18. The summed E-state index contributed by atoms with van der Waals surface area (Å²) in [5, 5.41) is 0. The molecule has 132 valence electrons.